The normalized spacial score (nSPS) is 21.8. The van der Waals surface area contributed by atoms with Crippen molar-refractivity contribution in [2.45, 2.75) is 70.3 Å². The Morgan fingerprint density at radius 3 is 2.32 bits per heavy atom. The molecular weight excluding hydrogens is 574 g/mol. The van der Waals surface area contributed by atoms with Gasteiger partial charge in [0.2, 0.25) is 5.91 Å². The molecule has 0 unspecified atom stereocenters. The molecular formula is C35H45N3O5S. The summed E-state index contributed by atoms with van der Waals surface area (Å²) in [7, 11) is 6.73. The van der Waals surface area contributed by atoms with Crippen LogP contribution in [0.1, 0.15) is 68.4 Å². The molecule has 8 nitrogen and oxygen atoms in total. The van der Waals surface area contributed by atoms with Crippen LogP contribution in [-0.4, -0.2) is 62.8 Å². The summed E-state index contributed by atoms with van der Waals surface area (Å²) < 4.78 is 16.4. The third kappa shape index (κ3) is 7.54. The SMILES string of the molecule is COc1ncc(-c2cccc(N(CC3CCC(c4ccc(OC)c(C)c4)CC3)C(=O)C3CCC(OC(=O)N(C)C)CC3)c2)s1. The van der Waals surface area contributed by atoms with Crippen molar-refractivity contribution < 1.29 is 23.8 Å². The van der Waals surface area contributed by atoms with Crippen molar-refractivity contribution in [1.29, 1.82) is 0 Å². The van der Waals surface area contributed by atoms with Crippen LogP contribution in [0.15, 0.2) is 48.7 Å². The van der Waals surface area contributed by atoms with Gasteiger partial charge in [0.25, 0.3) is 5.19 Å². The smallest absolute Gasteiger partial charge is 0.409 e. The molecule has 0 aliphatic heterocycles. The molecule has 2 amide bonds. The highest BCUT2D eigenvalue weighted by atomic mass is 32.1. The summed E-state index contributed by atoms with van der Waals surface area (Å²) in [5.74, 6) is 1.98. The van der Waals surface area contributed by atoms with Crippen LogP contribution in [0.25, 0.3) is 10.4 Å². The van der Waals surface area contributed by atoms with Crippen LogP contribution < -0.4 is 14.4 Å². The van der Waals surface area contributed by atoms with E-state index in [9.17, 15) is 9.59 Å². The Balaban J connectivity index is 1.31. The van der Waals surface area contributed by atoms with Crippen molar-refractivity contribution in [2.24, 2.45) is 11.8 Å². The predicted octanol–water partition coefficient (Wildman–Crippen LogP) is 7.70. The summed E-state index contributed by atoms with van der Waals surface area (Å²) in [6, 6.07) is 14.8. The van der Waals surface area contributed by atoms with Crippen molar-refractivity contribution in [3.05, 3.63) is 59.8 Å². The number of benzene rings is 2. The molecule has 1 heterocycles. The summed E-state index contributed by atoms with van der Waals surface area (Å²) >= 11 is 1.50. The van der Waals surface area contributed by atoms with Gasteiger partial charge in [-0.05, 0) is 105 Å². The number of aromatic nitrogens is 1. The number of thiazole rings is 1. The number of nitrogens with zero attached hydrogens (tertiary/aromatic N) is 3. The van der Waals surface area contributed by atoms with Gasteiger partial charge in [-0.1, -0.05) is 35.6 Å². The van der Waals surface area contributed by atoms with E-state index in [4.69, 9.17) is 14.2 Å². The van der Waals surface area contributed by atoms with Crippen molar-refractivity contribution in [2.75, 3.05) is 39.8 Å². The summed E-state index contributed by atoms with van der Waals surface area (Å²) in [5, 5.41) is 0.619. The van der Waals surface area contributed by atoms with E-state index in [1.165, 1.54) is 27.4 Å². The largest absolute Gasteiger partial charge is 0.496 e. The molecule has 44 heavy (non-hydrogen) atoms. The third-order valence-electron chi connectivity index (χ3n) is 9.20. The lowest BCUT2D eigenvalue weighted by Crippen LogP contribution is -2.42. The van der Waals surface area contributed by atoms with E-state index >= 15 is 0 Å². The molecule has 1 aromatic heterocycles. The number of ether oxygens (including phenoxy) is 3. The molecule has 2 aliphatic rings. The molecule has 9 heteroatoms. The van der Waals surface area contributed by atoms with E-state index in [0.29, 0.717) is 36.4 Å². The van der Waals surface area contributed by atoms with Gasteiger partial charge in [0.1, 0.15) is 11.9 Å². The van der Waals surface area contributed by atoms with E-state index in [-0.39, 0.29) is 24.0 Å². The number of carbonyl (C=O) groups is 2. The van der Waals surface area contributed by atoms with Crippen LogP contribution in [0.5, 0.6) is 10.9 Å². The van der Waals surface area contributed by atoms with E-state index in [0.717, 1.165) is 60.4 Å². The fourth-order valence-corrected chi connectivity index (χ4v) is 7.35. The van der Waals surface area contributed by atoms with Gasteiger partial charge < -0.3 is 24.0 Å². The number of aryl methyl sites for hydroxylation is 1. The Kier molecular flexibility index (Phi) is 10.5. The van der Waals surface area contributed by atoms with Gasteiger partial charge in [-0.3, -0.25) is 4.79 Å². The lowest BCUT2D eigenvalue weighted by molar-refractivity contribution is -0.124. The summed E-state index contributed by atoms with van der Waals surface area (Å²) in [6.07, 6.45) is 8.61. The van der Waals surface area contributed by atoms with E-state index < -0.39 is 0 Å². The molecule has 2 saturated carbocycles. The minimum Gasteiger partial charge on any atom is -0.496 e. The molecule has 0 spiro atoms. The molecule has 2 aromatic carbocycles. The minimum atomic E-state index is -0.321. The van der Waals surface area contributed by atoms with Crippen LogP contribution in [0, 0.1) is 18.8 Å². The maximum absolute atomic E-state index is 14.3. The molecule has 236 valence electrons. The minimum absolute atomic E-state index is 0.0879. The number of hydrogen-bond acceptors (Lipinski definition) is 7. The highest BCUT2D eigenvalue weighted by Crippen LogP contribution is 2.39. The van der Waals surface area contributed by atoms with Crippen molar-refractivity contribution in [3.63, 3.8) is 0 Å². The van der Waals surface area contributed by atoms with E-state index in [2.05, 4.69) is 48.3 Å². The molecule has 0 atom stereocenters. The Bertz CT molecular complexity index is 1420. The number of rotatable bonds is 9. The van der Waals surface area contributed by atoms with E-state index in [1.54, 1.807) is 28.3 Å². The van der Waals surface area contributed by atoms with Crippen molar-refractivity contribution >= 4 is 29.0 Å². The predicted molar refractivity (Wildman–Crippen MR) is 175 cm³/mol. The van der Waals surface area contributed by atoms with Crippen molar-refractivity contribution in [3.8, 4) is 21.4 Å². The number of methoxy groups -OCH3 is 2. The number of carbonyl (C=O) groups excluding carboxylic acids is 2. The third-order valence-corrected chi connectivity index (χ3v) is 10.2. The molecule has 0 radical (unpaired) electrons. The van der Waals surface area contributed by atoms with E-state index in [1.807, 2.05) is 17.2 Å². The van der Waals surface area contributed by atoms with Crippen LogP contribution in [0.4, 0.5) is 10.5 Å². The summed E-state index contributed by atoms with van der Waals surface area (Å²) in [6.45, 7) is 2.81. The highest BCUT2D eigenvalue weighted by molar-refractivity contribution is 7.16. The lowest BCUT2D eigenvalue weighted by atomic mass is 9.78. The zero-order valence-electron chi connectivity index (χ0n) is 26.6. The maximum atomic E-state index is 14.3. The second-order valence-electron chi connectivity index (χ2n) is 12.4. The fraction of sp³-hybridized carbons (Fsp3) is 0.514. The zero-order valence-corrected chi connectivity index (χ0v) is 27.4. The van der Waals surface area contributed by atoms with Crippen LogP contribution in [0.2, 0.25) is 0 Å². The summed E-state index contributed by atoms with van der Waals surface area (Å²) in [4.78, 5) is 35.2. The Hall–Kier alpha value is -3.59. The molecule has 0 saturated heterocycles. The van der Waals surface area contributed by atoms with Crippen LogP contribution in [0.3, 0.4) is 0 Å². The Morgan fingerprint density at radius 2 is 1.68 bits per heavy atom. The van der Waals surface area contributed by atoms with Gasteiger partial charge >= 0.3 is 6.09 Å². The number of amides is 2. The average molecular weight is 620 g/mol. The van der Waals surface area contributed by atoms with Gasteiger partial charge in [-0.25, -0.2) is 9.78 Å². The van der Waals surface area contributed by atoms with Gasteiger partial charge in [-0.15, -0.1) is 0 Å². The molecule has 2 aliphatic carbocycles. The second-order valence-corrected chi connectivity index (χ2v) is 13.4. The number of anilines is 1. The molecule has 0 bridgehead atoms. The summed E-state index contributed by atoms with van der Waals surface area (Å²) in [5.41, 5.74) is 4.51. The fourth-order valence-electron chi connectivity index (χ4n) is 6.62. The van der Waals surface area contributed by atoms with Gasteiger partial charge in [0, 0.05) is 38.4 Å². The van der Waals surface area contributed by atoms with Crippen molar-refractivity contribution in [1.82, 2.24) is 9.88 Å². The van der Waals surface area contributed by atoms with Gasteiger partial charge in [0.15, 0.2) is 0 Å². The number of hydrogen-bond donors (Lipinski definition) is 0. The molecule has 5 rings (SSSR count). The van der Waals surface area contributed by atoms with Gasteiger partial charge in [0.05, 0.1) is 19.1 Å². The first-order valence-electron chi connectivity index (χ1n) is 15.7. The first-order chi connectivity index (χ1) is 21.2. The molecule has 3 aromatic rings. The topological polar surface area (TPSA) is 81.2 Å². The Morgan fingerprint density at radius 1 is 0.932 bits per heavy atom. The molecule has 0 N–H and O–H groups in total. The average Bonchev–Trinajstić information content (AvgIpc) is 3.54. The monoisotopic (exact) mass is 619 g/mol. The molecule has 2 fully saturated rings. The second kappa shape index (κ2) is 14.5. The maximum Gasteiger partial charge on any atom is 0.409 e. The quantitative estimate of drug-likeness (QED) is 0.244. The van der Waals surface area contributed by atoms with Crippen LogP contribution >= 0.6 is 11.3 Å². The highest BCUT2D eigenvalue weighted by Gasteiger charge is 2.34. The lowest BCUT2D eigenvalue weighted by Gasteiger charge is -2.36. The first-order valence-corrected chi connectivity index (χ1v) is 16.5. The first kappa shape index (κ1) is 31.8. The standard InChI is InChI=1S/C35H45N3O5S/c1-23-19-27(15-18-31(23)41-4)25-11-9-24(10-12-25)22-38(29-8-6-7-28(20-29)32-21-36-34(42-5)44-32)33(39)26-13-16-30(17-14-26)43-35(40)37(2)3/h6-8,15,18-21,24-26,30H,9-14,16-17,22H2,1-5H3. The van der Waals surface area contributed by atoms with Gasteiger partial charge in [-0.2, -0.15) is 0 Å². The Labute approximate surface area is 265 Å². The zero-order chi connectivity index (χ0) is 31.2. The van der Waals surface area contributed by atoms with Crippen LogP contribution in [-0.2, 0) is 9.53 Å².